The number of nitrogens with one attached hydrogen (secondary N) is 1. The molecule has 0 saturated carbocycles. The van der Waals surface area contributed by atoms with Gasteiger partial charge in [0.1, 0.15) is 12.3 Å². The quantitative estimate of drug-likeness (QED) is 0.392. The van der Waals surface area contributed by atoms with Crippen LogP contribution >= 0.6 is 15.9 Å². The van der Waals surface area contributed by atoms with Crippen LogP contribution in [0.3, 0.4) is 0 Å². The van der Waals surface area contributed by atoms with E-state index in [-0.39, 0.29) is 23.5 Å². The maximum absolute atomic E-state index is 11.5. The van der Waals surface area contributed by atoms with Gasteiger partial charge in [0.15, 0.2) is 0 Å². The van der Waals surface area contributed by atoms with Crippen molar-refractivity contribution in [2.24, 2.45) is 0 Å². The maximum atomic E-state index is 11.5. The van der Waals surface area contributed by atoms with E-state index >= 15 is 0 Å². The number of carbonyl (C=O) groups is 2. The third-order valence-electron chi connectivity index (χ3n) is 2.67. The molecular formula is C13H15BrN2O7. The second kappa shape index (κ2) is 8.44. The molecule has 9 nitrogen and oxygen atoms in total. The summed E-state index contributed by atoms with van der Waals surface area (Å²) >= 11 is 3.17. The summed E-state index contributed by atoms with van der Waals surface area (Å²) in [7, 11) is 1.18. The van der Waals surface area contributed by atoms with Gasteiger partial charge in [-0.25, -0.2) is 9.59 Å². The molecule has 126 valence electrons. The molecule has 0 spiro atoms. The summed E-state index contributed by atoms with van der Waals surface area (Å²) in [6, 6.07) is 2.10. The predicted molar refractivity (Wildman–Crippen MR) is 83.7 cm³/mol. The van der Waals surface area contributed by atoms with E-state index in [1.807, 2.05) is 0 Å². The van der Waals surface area contributed by atoms with E-state index in [1.165, 1.54) is 13.2 Å². The standard InChI is InChI=1S/C13H15BrN2O7/c1-7(5-23-6-11(17)18)15-12-9(14)3-8(13(19)22-2)4-10(12)16(20)21/h3-4,7,15H,5-6H2,1-2H3,(H,17,18)/t7-/m1/s1. The van der Waals surface area contributed by atoms with E-state index in [0.29, 0.717) is 4.47 Å². The predicted octanol–water partition coefficient (Wildman–Crippen LogP) is 2.05. The van der Waals surface area contributed by atoms with E-state index in [1.54, 1.807) is 6.92 Å². The molecule has 0 aliphatic rings. The second-order valence-electron chi connectivity index (χ2n) is 4.56. The Morgan fingerprint density at radius 2 is 2.13 bits per heavy atom. The number of nitrogens with zero attached hydrogens (tertiary/aromatic N) is 1. The number of carbonyl (C=O) groups excluding carboxylic acids is 1. The lowest BCUT2D eigenvalue weighted by molar-refractivity contribution is -0.384. The van der Waals surface area contributed by atoms with Crippen LogP contribution in [0.1, 0.15) is 17.3 Å². The lowest BCUT2D eigenvalue weighted by atomic mass is 10.1. The van der Waals surface area contributed by atoms with Crippen molar-refractivity contribution in [3.8, 4) is 0 Å². The van der Waals surface area contributed by atoms with E-state index in [2.05, 4.69) is 26.0 Å². The summed E-state index contributed by atoms with van der Waals surface area (Å²) < 4.78 is 9.77. The van der Waals surface area contributed by atoms with Gasteiger partial charge in [0, 0.05) is 16.6 Å². The molecule has 2 N–H and O–H groups in total. The normalized spacial score (nSPS) is 11.6. The van der Waals surface area contributed by atoms with Gasteiger partial charge in [0.2, 0.25) is 0 Å². The van der Waals surface area contributed by atoms with Gasteiger partial charge in [-0.15, -0.1) is 0 Å². The Kier molecular flexibility index (Phi) is 6.91. The molecule has 0 aromatic heterocycles. The van der Waals surface area contributed by atoms with Gasteiger partial charge in [0.25, 0.3) is 5.69 Å². The maximum Gasteiger partial charge on any atom is 0.338 e. The molecule has 0 fully saturated rings. The number of carboxylic acid groups (broad SMARTS) is 1. The first-order chi connectivity index (χ1) is 10.8. The summed E-state index contributed by atoms with van der Waals surface area (Å²) in [6.45, 7) is 1.25. The van der Waals surface area contributed by atoms with Gasteiger partial charge in [0.05, 0.1) is 24.2 Å². The molecular weight excluding hydrogens is 376 g/mol. The average Bonchev–Trinajstić information content (AvgIpc) is 2.47. The number of carboxylic acids is 1. The molecule has 10 heteroatoms. The van der Waals surface area contributed by atoms with Crippen molar-refractivity contribution in [1.82, 2.24) is 0 Å². The molecule has 0 aliphatic carbocycles. The molecule has 0 bridgehead atoms. The highest BCUT2D eigenvalue weighted by Gasteiger charge is 2.22. The van der Waals surface area contributed by atoms with Gasteiger partial charge in [-0.2, -0.15) is 0 Å². The molecule has 23 heavy (non-hydrogen) atoms. The molecule has 1 atom stereocenters. The van der Waals surface area contributed by atoms with E-state index in [9.17, 15) is 19.7 Å². The largest absolute Gasteiger partial charge is 0.480 e. The number of esters is 1. The number of methoxy groups -OCH3 is 1. The van der Waals surface area contributed by atoms with Gasteiger partial charge in [-0.3, -0.25) is 10.1 Å². The fourth-order valence-corrected chi connectivity index (χ4v) is 2.29. The number of anilines is 1. The van der Waals surface area contributed by atoms with E-state index in [0.717, 1.165) is 6.07 Å². The minimum absolute atomic E-state index is 0.0337. The molecule has 0 radical (unpaired) electrons. The topological polar surface area (TPSA) is 128 Å². The van der Waals surface area contributed by atoms with Crippen LogP contribution in [0.5, 0.6) is 0 Å². The van der Waals surface area contributed by atoms with Crippen LogP contribution in [-0.2, 0) is 14.3 Å². The fraction of sp³-hybridized carbons (Fsp3) is 0.385. The Labute approximate surface area is 139 Å². The first-order valence-electron chi connectivity index (χ1n) is 6.38. The summed E-state index contributed by atoms with van der Waals surface area (Å²) in [4.78, 5) is 32.5. The molecule has 1 aromatic rings. The number of hydrogen-bond acceptors (Lipinski definition) is 7. The minimum Gasteiger partial charge on any atom is -0.480 e. The van der Waals surface area contributed by atoms with Crippen LogP contribution in [0.25, 0.3) is 0 Å². The third kappa shape index (κ3) is 5.49. The van der Waals surface area contributed by atoms with Crippen LogP contribution in [-0.4, -0.2) is 48.3 Å². The highest BCUT2D eigenvalue weighted by Crippen LogP contribution is 2.34. The van der Waals surface area contributed by atoms with Gasteiger partial charge < -0.3 is 19.9 Å². The Morgan fingerprint density at radius 3 is 2.65 bits per heavy atom. The van der Waals surface area contributed by atoms with Crippen LogP contribution in [0.15, 0.2) is 16.6 Å². The van der Waals surface area contributed by atoms with Crippen LogP contribution in [0.4, 0.5) is 11.4 Å². The van der Waals surface area contributed by atoms with Crippen molar-refractivity contribution < 1.29 is 29.1 Å². The number of aliphatic carboxylic acids is 1. The highest BCUT2D eigenvalue weighted by molar-refractivity contribution is 9.10. The third-order valence-corrected chi connectivity index (χ3v) is 3.30. The fourth-order valence-electron chi connectivity index (χ4n) is 1.73. The van der Waals surface area contributed by atoms with Crippen molar-refractivity contribution in [2.45, 2.75) is 13.0 Å². The van der Waals surface area contributed by atoms with Crippen LogP contribution in [0.2, 0.25) is 0 Å². The highest BCUT2D eigenvalue weighted by atomic mass is 79.9. The average molecular weight is 391 g/mol. The minimum atomic E-state index is -1.10. The molecule has 0 aliphatic heterocycles. The lowest BCUT2D eigenvalue weighted by Gasteiger charge is -2.16. The molecule has 1 rings (SSSR count). The number of ether oxygens (including phenoxy) is 2. The lowest BCUT2D eigenvalue weighted by Crippen LogP contribution is -2.24. The zero-order chi connectivity index (χ0) is 17.6. The number of halogens is 1. The van der Waals surface area contributed by atoms with Crippen LogP contribution < -0.4 is 5.32 Å². The molecule has 0 unspecified atom stereocenters. The monoisotopic (exact) mass is 390 g/mol. The second-order valence-corrected chi connectivity index (χ2v) is 5.41. The molecule has 0 heterocycles. The Morgan fingerprint density at radius 1 is 1.48 bits per heavy atom. The van der Waals surface area contributed by atoms with Gasteiger partial charge >= 0.3 is 11.9 Å². The molecule has 0 saturated heterocycles. The van der Waals surface area contributed by atoms with Crippen molar-refractivity contribution in [3.05, 3.63) is 32.3 Å². The van der Waals surface area contributed by atoms with Crippen molar-refractivity contribution in [1.29, 1.82) is 0 Å². The first kappa shape index (κ1) is 18.8. The number of hydrogen-bond donors (Lipinski definition) is 2. The van der Waals surface area contributed by atoms with E-state index < -0.39 is 29.5 Å². The zero-order valence-corrected chi connectivity index (χ0v) is 14.0. The van der Waals surface area contributed by atoms with Crippen molar-refractivity contribution >= 4 is 39.2 Å². The van der Waals surface area contributed by atoms with Crippen molar-refractivity contribution in [3.63, 3.8) is 0 Å². The van der Waals surface area contributed by atoms with Crippen LogP contribution in [0, 0.1) is 10.1 Å². The zero-order valence-electron chi connectivity index (χ0n) is 12.4. The van der Waals surface area contributed by atoms with Crippen molar-refractivity contribution in [2.75, 3.05) is 25.6 Å². The smallest absolute Gasteiger partial charge is 0.338 e. The number of nitro groups is 1. The number of benzene rings is 1. The van der Waals surface area contributed by atoms with E-state index in [4.69, 9.17) is 9.84 Å². The molecule has 0 amide bonds. The van der Waals surface area contributed by atoms with Gasteiger partial charge in [-0.05, 0) is 28.9 Å². The molecule has 1 aromatic carbocycles. The summed E-state index contributed by atoms with van der Waals surface area (Å²) in [5, 5.41) is 22.6. The summed E-state index contributed by atoms with van der Waals surface area (Å²) in [5.74, 6) is -1.80. The number of rotatable bonds is 8. The Hall–Kier alpha value is -2.20. The number of nitro benzene ring substituents is 1. The first-order valence-corrected chi connectivity index (χ1v) is 7.17. The Bertz CT molecular complexity index is 621. The van der Waals surface area contributed by atoms with Gasteiger partial charge in [-0.1, -0.05) is 0 Å². The SMILES string of the molecule is COC(=O)c1cc(Br)c(N[C@H](C)COCC(=O)O)c([N+](=O)[O-])c1. The summed E-state index contributed by atoms with van der Waals surface area (Å²) in [5.41, 5.74) is -0.120. The Balaban J connectivity index is 2.99. The summed E-state index contributed by atoms with van der Waals surface area (Å²) in [6.07, 6.45) is 0.